The van der Waals surface area contributed by atoms with E-state index in [0.29, 0.717) is 11.9 Å². The lowest BCUT2D eigenvalue weighted by Gasteiger charge is -2.31. The lowest BCUT2D eigenvalue weighted by atomic mass is 9.97. The van der Waals surface area contributed by atoms with Crippen molar-refractivity contribution in [2.45, 2.75) is 31.7 Å². The standard InChI is InChI=1S/C18H25N5O/c1-22(2)18-20-17(24-21-18)15-7-4-10-23(12-15)11-14-6-3-5-13-8-9-19-16(13)14/h3,5-6,15,19H,4,7-12H2,1-2H3. The number of nitrogens with one attached hydrogen (secondary N) is 1. The summed E-state index contributed by atoms with van der Waals surface area (Å²) >= 11 is 0. The van der Waals surface area contributed by atoms with Crippen LogP contribution in [0.3, 0.4) is 0 Å². The fourth-order valence-corrected chi connectivity index (χ4v) is 3.76. The van der Waals surface area contributed by atoms with Crippen LogP contribution >= 0.6 is 0 Å². The van der Waals surface area contributed by atoms with E-state index in [4.69, 9.17) is 4.52 Å². The number of likely N-dealkylation sites (tertiary alicyclic amines) is 1. The van der Waals surface area contributed by atoms with Gasteiger partial charge in [-0.05, 0) is 42.1 Å². The second-order valence-corrected chi connectivity index (χ2v) is 7.03. The molecule has 1 aromatic carbocycles. The van der Waals surface area contributed by atoms with Crippen LogP contribution in [0.5, 0.6) is 0 Å². The van der Waals surface area contributed by atoms with Crippen molar-refractivity contribution >= 4 is 11.6 Å². The maximum absolute atomic E-state index is 5.50. The molecule has 1 unspecified atom stereocenters. The van der Waals surface area contributed by atoms with Gasteiger partial charge in [-0.15, -0.1) is 0 Å². The van der Waals surface area contributed by atoms with E-state index in [1.54, 1.807) is 0 Å². The minimum Gasteiger partial charge on any atom is -0.384 e. The van der Waals surface area contributed by atoms with Gasteiger partial charge in [0.1, 0.15) is 0 Å². The van der Waals surface area contributed by atoms with Crippen LogP contribution in [0.15, 0.2) is 22.7 Å². The van der Waals surface area contributed by atoms with Gasteiger partial charge in [-0.3, -0.25) is 4.90 Å². The molecule has 0 amide bonds. The molecule has 0 saturated carbocycles. The number of aromatic nitrogens is 2. The number of hydrogen-bond donors (Lipinski definition) is 1. The number of benzene rings is 1. The number of nitrogens with zero attached hydrogens (tertiary/aromatic N) is 4. The Balaban J connectivity index is 1.46. The number of hydrogen-bond acceptors (Lipinski definition) is 6. The van der Waals surface area contributed by atoms with Crippen LogP contribution in [0, 0.1) is 0 Å². The first kappa shape index (κ1) is 15.4. The molecular formula is C18H25N5O. The average Bonchev–Trinajstić information content (AvgIpc) is 3.25. The zero-order valence-electron chi connectivity index (χ0n) is 14.5. The number of piperidine rings is 1. The Morgan fingerprint density at radius 1 is 1.38 bits per heavy atom. The lowest BCUT2D eigenvalue weighted by molar-refractivity contribution is 0.180. The highest BCUT2D eigenvalue weighted by Crippen LogP contribution is 2.31. The van der Waals surface area contributed by atoms with E-state index < -0.39 is 0 Å². The Labute approximate surface area is 142 Å². The molecule has 24 heavy (non-hydrogen) atoms. The first-order valence-corrected chi connectivity index (χ1v) is 8.78. The van der Waals surface area contributed by atoms with Crippen molar-refractivity contribution in [3.63, 3.8) is 0 Å². The van der Waals surface area contributed by atoms with Gasteiger partial charge in [0.05, 0.1) is 5.92 Å². The van der Waals surface area contributed by atoms with Crippen molar-refractivity contribution in [3.05, 3.63) is 35.2 Å². The Bertz CT molecular complexity index is 711. The summed E-state index contributed by atoms with van der Waals surface area (Å²) in [5.74, 6) is 1.77. The Morgan fingerprint density at radius 3 is 3.12 bits per heavy atom. The maximum Gasteiger partial charge on any atom is 0.265 e. The van der Waals surface area contributed by atoms with Gasteiger partial charge in [0.2, 0.25) is 5.89 Å². The fourth-order valence-electron chi connectivity index (χ4n) is 3.76. The molecule has 0 bridgehead atoms. The maximum atomic E-state index is 5.50. The van der Waals surface area contributed by atoms with Gasteiger partial charge in [-0.2, -0.15) is 4.98 Å². The van der Waals surface area contributed by atoms with Crippen molar-refractivity contribution in [2.24, 2.45) is 0 Å². The molecule has 6 nitrogen and oxygen atoms in total. The molecule has 0 aliphatic carbocycles. The summed E-state index contributed by atoms with van der Waals surface area (Å²) in [5, 5.41) is 7.60. The van der Waals surface area contributed by atoms with Crippen molar-refractivity contribution in [3.8, 4) is 0 Å². The van der Waals surface area contributed by atoms with Gasteiger partial charge >= 0.3 is 0 Å². The summed E-state index contributed by atoms with van der Waals surface area (Å²) in [5.41, 5.74) is 4.21. The van der Waals surface area contributed by atoms with Crippen LogP contribution in [-0.4, -0.2) is 48.8 Å². The SMILES string of the molecule is CN(C)c1noc(C2CCCN(Cc3cccc4c3NCC4)C2)n1. The van der Waals surface area contributed by atoms with E-state index in [-0.39, 0.29) is 0 Å². The Morgan fingerprint density at radius 2 is 2.29 bits per heavy atom. The van der Waals surface area contributed by atoms with Gasteiger partial charge in [0, 0.05) is 39.4 Å². The summed E-state index contributed by atoms with van der Waals surface area (Å²) in [6, 6.07) is 6.67. The van der Waals surface area contributed by atoms with Crippen molar-refractivity contribution < 1.29 is 4.52 Å². The van der Waals surface area contributed by atoms with Crippen LogP contribution < -0.4 is 10.2 Å². The normalized spacial score (nSPS) is 20.7. The molecule has 6 heteroatoms. The minimum atomic E-state index is 0.338. The first-order valence-electron chi connectivity index (χ1n) is 8.78. The van der Waals surface area contributed by atoms with E-state index in [0.717, 1.165) is 44.9 Å². The molecule has 2 aromatic rings. The van der Waals surface area contributed by atoms with Gasteiger partial charge in [-0.25, -0.2) is 0 Å². The Hall–Kier alpha value is -2.08. The molecule has 4 rings (SSSR count). The van der Waals surface area contributed by atoms with Crippen LogP contribution in [0.1, 0.15) is 35.8 Å². The second-order valence-electron chi connectivity index (χ2n) is 7.03. The molecule has 1 fully saturated rings. The van der Waals surface area contributed by atoms with Crippen molar-refractivity contribution in [1.82, 2.24) is 15.0 Å². The predicted molar refractivity (Wildman–Crippen MR) is 94.5 cm³/mol. The molecular weight excluding hydrogens is 302 g/mol. The third kappa shape index (κ3) is 2.98. The molecule has 1 atom stereocenters. The lowest BCUT2D eigenvalue weighted by Crippen LogP contribution is -2.34. The van der Waals surface area contributed by atoms with Gasteiger partial charge < -0.3 is 14.7 Å². The largest absolute Gasteiger partial charge is 0.384 e. The highest BCUT2D eigenvalue weighted by atomic mass is 16.5. The van der Waals surface area contributed by atoms with E-state index in [1.807, 2.05) is 19.0 Å². The van der Waals surface area contributed by atoms with Crippen LogP contribution in [0.2, 0.25) is 0 Å². The molecule has 128 valence electrons. The number of fused-ring (bicyclic) bond motifs is 1. The molecule has 0 radical (unpaired) electrons. The number of para-hydroxylation sites is 1. The van der Waals surface area contributed by atoms with E-state index in [1.165, 1.54) is 23.2 Å². The molecule has 1 aromatic heterocycles. The Kier molecular flexibility index (Phi) is 4.14. The third-order valence-corrected chi connectivity index (χ3v) is 5.01. The average molecular weight is 327 g/mol. The molecule has 2 aliphatic heterocycles. The van der Waals surface area contributed by atoms with Gasteiger partial charge in [0.15, 0.2) is 0 Å². The van der Waals surface area contributed by atoms with E-state index in [2.05, 4.69) is 38.6 Å². The van der Waals surface area contributed by atoms with Gasteiger partial charge in [0.25, 0.3) is 5.95 Å². The monoisotopic (exact) mass is 327 g/mol. The third-order valence-electron chi connectivity index (χ3n) is 5.01. The summed E-state index contributed by atoms with van der Waals surface area (Å²) in [6.07, 6.45) is 3.44. The fraction of sp³-hybridized carbons (Fsp3) is 0.556. The van der Waals surface area contributed by atoms with Crippen molar-refractivity contribution in [2.75, 3.05) is 43.9 Å². The highest BCUT2D eigenvalue weighted by molar-refractivity contribution is 5.61. The summed E-state index contributed by atoms with van der Waals surface area (Å²) in [6.45, 7) is 4.17. The molecule has 1 saturated heterocycles. The highest BCUT2D eigenvalue weighted by Gasteiger charge is 2.27. The quantitative estimate of drug-likeness (QED) is 0.931. The summed E-state index contributed by atoms with van der Waals surface area (Å²) in [7, 11) is 3.87. The molecule has 2 aliphatic rings. The van der Waals surface area contributed by atoms with E-state index in [9.17, 15) is 0 Å². The molecule has 1 N–H and O–H groups in total. The zero-order valence-corrected chi connectivity index (χ0v) is 14.5. The van der Waals surface area contributed by atoms with Crippen molar-refractivity contribution in [1.29, 1.82) is 0 Å². The smallest absolute Gasteiger partial charge is 0.265 e. The summed E-state index contributed by atoms with van der Waals surface area (Å²) in [4.78, 5) is 8.94. The number of rotatable bonds is 4. The van der Waals surface area contributed by atoms with Crippen LogP contribution in [-0.2, 0) is 13.0 Å². The van der Waals surface area contributed by atoms with E-state index >= 15 is 0 Å². The topological polar surface area (TPSA) is 57.4 Å². The van der Waals surface area contributed by atoms with Crippen LogP contribution in [0.4, 0.5) is 11.6 Å². The summed E-state index contributed by atoms with van der Waals surface area (Å²) < 4.78 is 5.50. The zero-order chi connectivity index (χ0) is 16.5. The second kappa shape index (κ2) is 6.43. The molecule has 3 heterocycles. The predicted octanol–water partition coefficient (Wildman–Crippen LogP) is 2.48. The first-order chi connectivity index (χ1) is 11.7. The number of anilines is 2. The van der Waals surface area contributed by atoms with Gasteiger partial charge in [-0.1, -0.05) is 18.2 Å². The van der Waals surface area contributed by atoms with Crippen LogP contribution in [0.25, 0.3) is 0 Å². The minimum absolute atomic E-state index is 0.338. The molecule has 0 spiro atoms.